The van der Waals surface area contributed by atoms with E-state index in [0.717, 1.165) is 40.9 Å². The van der Waals surface area contributed by atoms with E-state index >= 15 is 0 Å². The molecule has 2 heterocycles. The molecule has 0 unspecified atom stereocenters. The number of carbonyl (C=O) groups is 1. The van der Waals surface area contributed by atoms with Gasteiger partial charge in [-0.1, -0.05) is 0 Å². The number of benzene rings is 1. The van der Waals surface area contributed by atoms with Gasteiger partial charge >= 0.3 is 5.97 Å². The van der Waals surface area contributed by atoms with Gasteiger partial charge in [-0.15, -0.1) is 0 Å². The van der Waals surface area contributed by atoms with Crippen molar-refractivity contribution in [2.24, 2.45) is 0 Å². The second-order valence-corrected chi connectivity index (χ2v) is 4.59. The predicted octanol–water partition coefficient (Wildman–Crippen LogP) is 2.13. The van der Waals surface area contributed by atoms with Crippen LogP contribution < -0.4 is 4.74 Å². The Morgan fingerprint density at radius 2 is 2.33 bits per heavy atom. The number of carbonyl (C=O) groups excluding carboxylic acids is 1. The number of nitrogens with one attached hydrogen (secondary N) is 1. The Labute approximate surface area is 105 Å². The molecule has 0 bridgehead atoms. The maximum atomic E-state index is 11.4. The van der Waals surface area contributed by atoms with Crippen molar-refractivity contribution in [2.45, 2.75) is 19.8 Å². The number of aromatic amines is 1. The lowest BCUT2D eigenvalue weighted by Crippen LogP contribution is -2.05. The van der Waals surface area contributed by atoms with Gasteiger partial charge in [-0.25, -0.2) is 0 Å². The van der Waals surface area contributed by atoms with Gasteiger partial charge in [0.25, 0.3) is 0 Å². The summed E-state index contributed by atoms with van der Waals surface area (Å²) in [6.07, 6.45) is 1.25. The molecule has 0 saturated heterocycles. The van der Waals surface area contributed by atoms with Crippen LogP contribution in [0.15, 0.2) is 12.1 Å². The van der Waals surface area contributed by atoms with Crippen LogP contribution in [0.1, 0.15) is 16.8 Å². The second kappa shape index (κ2) is 4.05. The normalized spacial score (nSPS) is 13.4. The van der Waals surface area contributed by atoms with E-state index in [-0.39, 0.29) is 5.97 Å². The van der Waals surface area contributed by atoms with Gasteiger partial charge < -0.3 is 14.5 Å². The molecule has 94 valence electrons. The van der Waals surface area contributed by atoms with Gasteiger partial charge in [0.05, 0.1) is 20.1 Å². The van der Waals surface area contributed by atoms with Crippen LogP contribution in [0, 0.1) is 6.92 Å². The summed E-state index contributed by atoms with van der Waals surface area (Å²) in [5.41, 5.74) is 4.30. The van der Waals surface area contributed by atoms with Crippen LogP contribution in [0.5, 0.6) is 5.75 Å². The summed E-state index contributed by atoms with van der Waals surface area (Å²) < 4.78 is 10.3. The molecule has 0 radical (unpaired) electrons. The van der Waals surface area contributed by atoms with Gasteiger partial charge in [0, 0.05) is 23.0 Å². The summed E-state index contributed by atoms with van der Waals surface area (Å²) in [6, 6.07) is 4.14. The topological polar surface area (TPSA) is 51.3 Å². The fraction of sp³-hybridized carbons (Fsp3) is 0.357. The summed E-state index contributed by atoms with van der Waals surface area (Å²) >= 11 is 0. The highest BCUT2D eigenvalue weighted by Crippen LogP contribution is 2.33. The lowest BCUT2D eigenvalue weighted by molar-refractivity contribution is -0.139. The Bertz CT molecular complexity index is 627. The largest absolute Gasteiger partial charge is 0.493 e. The molecule has 1 aromatic heterocycles. The first kappa shape index (κ1) is 11.1. The molecule has 2 aromatic rings. The standard InChI is InChI=1S/C14H15NO3/c1-8-10(7-14(16)17-2)11-6-13-9(3-4-18-13)5-12(11)15-8/h5-6,15H,3-4,7H2,1-2H3. The summed E-state index contributed by atoms with van der Waals surface area (Å²) in [5.74, 6) is 0.716. The van der Waals surface area contributed by atoms with Gasteiger partial charge in [-0.2, -0.15) is 0 Å². The molecule has 0 aliphatic carbocycles. The predicted molar refractivity (Wildman–Crippen MR) is 68.0 cm³/mol. The molecular weight excluding hydrogens is 230 g/mol. The first-order valence-electron chi connectivity index (χ1n) is 6.02. The van der Waals surface area contributed by atoms with Crippen LogP contribution in [0.3, 0.4) is 0 Å². The number of hydrogen-bond acceptors (Lipinski definition) is 3. The van der Waals surface area contributed by atoms with Crippen molar-refractivity contribution in [3.8, 4) is 5.75 Å². The molecule has 0 fully saturated rings. The lowest BCUT2D eigenvalue weighted by Gasteiger charge is -2.02. The Kier molecular flexibility index (Phi) is 2.51. The van der Waals surface area contributed by atoms with E-state index in [1.54, 1.807) is 0 Å². The maximum absolute atomic E-state index is 11.4. The van der Waals surface area contributed by atoms with E-state index in [1.807, 2.05) is 13.0 Å². The molecule has 4 heteroatoms. The van der Waals surface area contributed by atoms with Crippen molar-refractivity contribution in [3.63, 3.8) is 0 Å². The third-order valence-corrected chi connectivity index (χ3v) is 3.48. The molecule has 1 aliphatic rings. The second-order valence-electron chi connectivity index (χ2n) is 4.59. The SMILES string of the molecule is COC(=O)Cc1c(C)[nH]c2cc3c(cc12)OCC3. The van der Waals surface area contributed by atoms with Gasteiger partial charge in [-0.3, -0.25) is 4.79 Å². The van der Waals surface area contributed by atoms with E-state index in [1.165, 1.54) is 12.7 Å². The zero-order chi connectivity index (χ0) is 12.7. The highest BCUT2D eigenvalue weighted by molar-refractivity contribution is 5.90. The molecule has 1 aromatic carbocycles. The number of hydrogen-bond donors (Lipinski definition) is 1. The third kappa shape index (κ3) is 1.65. The molecule has 1 aliphatic heterocycles. The highest BCUT2D eigenvalue weighted by Gasteiger charge is 2.18. The monoisotopic (exact) mass is 245 g/mol. The number of methoxy groups -OCH3 is 1. The number of H-pyrrole nitrogens is 1. The van der Waals surface area contributed by atoms with E-state index < -0.39 is 0 Å². The van der Waals surface area contributed by atoms with E-state index in [9.17, 15) is 4.79 Å². The van der Waals surface area contributed by atoms with Gasteiger partial charge in [0.1, 0.15) is 5.75 Å². The quantitative estimate of drug-likeness (QED) is 0.824. The van der Waals surface area contributed by atoms with Gasteiger partial charge in [0.2, 0.25) is 0 Å². The molecule has 0 amide bonds. The molecule has 0 spiro atoms. The molecule has 18 heavy (non-hydrogen) atoms. The number of ether oxygens (including phenoxy) is 2. The minimum atomic E-state index is -0.222. The molecule has 0 saturated carbocycles. The Morgan fingerprint density at radius 1 is 1.50 bits per heavy atom. The number of rotatable bonds is 2. The molecular formula is C14H15NO3. The lowest BCUT2D eigenvalue weighted by atomic mass is 10.0. The fourth-order valence-corrected chi connectivity index (χ4v) is 2.50. The zero-order valence-electron chi connectivity index (χ0n) is 10.5. The number of aryl methyl sites for hydroxylation is 1. The average molecular weight is 245 g/mol. The van der Waals surface area contributed by atoms with Crippen LogP contribution in [-0.2, 0) is 22.4 Å². The number of fused-ring (bicyclic) bond motifs is 2. The summed E-state index contributed by atoms with van der Waals surface area (Å²) in [5, 5.41) is 1.05. The van der Waals surface area contributed by atoms with Crippen LogP contribution in [-0.4, -0.2) is 24.7 Å². The van der Waals surface area contributed by atoms with E-state index in [2.05, 4.69) is 11.1 Å². The molecule has 4 nitrogen and oxygen atoms in total. The van der Waals surface area contributed by atoms with Crippen LogP contribution in [0.4, 0.5) is 0 Å². The molecule has 0 atom stereocenters. The summed E-state index contributed by atoms with van der Waals surface area (Å²) in [7, 11) is 1.41. The Balaban J connectivity index is 2.13. The Morgan fingerprint density at radius 3 is 3.11 bits per heavy atom. The van der Waals surface area contributed by atoms with Crippen molar-refractivity contribution in [1.29, 1.82) is 0 Å². The average Bonchev–Trinajstić information content (AvgIpc) is 2.91. The smallest absolute Gasteiger partial charge is 0.310 e. The van der Waals surface area contributed by atoms with Gasteiger partial charge in [0.15, 0.2) is 0 Å². The highest BCUT2D eigenvalue weighted by atomic mass is 16.5. The zero-order valence-corrected chi connectivity index (χ0v) is 10.5. The van der Waals surface area contributed by atoms with Crippen molar-refractivity contribution < 1.29 is 14.3 Å². The van der Waals surface area contributed by atoms with Crippen molar-refractivity contribution >= 4 is 16.9 Å². The number of esters is 1. The minimum Gasteiger partial charge on any atom is -0.493 e. The molecule has 1 N–H and O–H groups in total. The van der Waals surface area contributed by atoms with E-state index in [0.29, 0.717) is 6.42 Å². The first-order valence-corrected chi connectivity index (χ1v) is 6.02. The van der Waals surface area contributed by atoms with Crippen LogP contribution >= 0.6 is 0 Å². The third-order valence-electron chi connectivity index (χ3n) is 3.48. The first-order chi connectivity index (χ1) is 8.69. The van der Waals surface area contributed by atoms with Gasteiger partial charge in [-0.05, 0) is 30.2 Å². The maximum Gasteiger partial charge on any atom is 0.310 e. The summed E-state index contributed by atoms with van der Waals surface area (Å²) in [4.78, 5) is 14.8. The van der Waals surface area contributed by atoms with Crippen molar-refractivity contribution in [2.75, 3.05) is 13.7 Å². The summed E-state index contributed by atoms with van der Waals surface area (Å²) in [6.45, 7) is 2.72. The van der Waals surface area contributed by atoms with Crippen LogP contribution in [0.25, 0.3) is 10.9 Å². The molecule has 3 rings (SSSR count). The number of aromatic nitrogens is 1. The van der Waals surface area contributed by atoms with Crippen molar-refractivity contribution in [1.82, 2.24) is 4.98 Å². The fourth-order valence-electron chi connectivity index (χ4n) is 2.50. The van der Waals surface area contributed by atoms with E-state index in [4.69, 9.17) is 9.47 Å². The van der Waals surface area contributed by atoms with Crippen molar-refractivity contribution in [3.05, 3.63) is 29.0 Å². The Hall–Kier alpha value is -1.97. The van der Waals surface area contributed by atoms with Crippen LogP contribution in [0.2, 0.25) is 0 Å². The minimum absolute atomic E-state index is 0.222.